The lowest BCUT2D eigenvalue weighted by atomic mass is 9.94. The Balaban J connectivity index is 1.51. The number of aryl methyl sites for hydroxylation is 1. The molecule has 0 N–H and O–H groups in total. The van der Waals surface area contributed by atoms with E-state index in [0.717, 1.165) is 48.7 Å². The lowest BCUT2D eigenvalue weighted by Gasteiger charge is -2.32. The van der Waals surface area contributed by atoms with Gasteiger partial charge in [-0.3, -0.25) is 4.79 Å². The van der Waals surface area contributed by atoms with Gasteiger partial charge in [-0.2, -0.15) is 0 Å². The fourth-order valence-electron chi connectivity index (χ4n) is 3.62. The van der Waals surface area contributed by atoms with Crippen molar-refractivity contribution in [2.75, 3.05) is 13.1 Å². The Bertz CT molecular complexity index is 889. The number of carbonyl (C=O) groups is 1. The largest absolute Gasteiger partial charge is 0.342 e. The molecule has 1 saturated heterocycles. The molecule has 1 aliphatic rings. The van der Waals surface area contributed by atoms with Gasteiger partial charge in [0.25, 0.3) is 0 Å². The van der Waals surface area contributed by atoms with Crippen molar-refractivity contribution in [3.8, 4) is 0 Å². The molecule has 1 aliphatic heterocycles. The molecule has 0 spiro atoms. The van der Waals surface area contributed by atoms with Crippen LogP contribution >= 0.6 is 0 Å². The minimum atomic E-state index is 0.160. The third-order valence-corrected chi connectivity index (χ3v) is 4.94. The quantitative estimate of drug-likeness (QED) is 0.737. The highest BCUT2D eigenvalue weighted by atomic mass is 16.2. The fraction of sp³-hybridized carbons (Fsp3) is 0.368. The number of amides is 1. The first-order chi connectivity index (χ1) is 12.2. The molecule has 1 fully saturated rings. The molecule has 1 atom stereocenters. The number of carbonyl (C=O) groups excluding carboxylic acids is 1. The van der Waals surface area contributed by atoms with Crippen LogP contribution in [0.5, 0.6) is 0 Å². The predicted molar refractivity (Wildman–Crippen MR) is 94.2 cm³/mol. The smallest absolute Gasteiger partial charge is 0.228 e. The van der Waals surface area contributed by atoms with Crippen LogP contribution in [-0.2, 0) is 11.2 Å². The summed E-state index contributed by atoms with van der Waals surface area (Å²) in [5.41, 5.74) is 3.81. The van der Waals surface area contributed by atoms with E-state index in [4.69, 9.17) is 0 Å². The van der Waals surface area contributed by atoms with Crippen molar-refractivity contribution >= 4 is 11.6 Å². The maximum absolute atomic E-state index is 12.9. The molecule has 1 amide bonds. The van der Waals surface area contributed by atoms with E-state index >= 15 is 0 Å². The average Bonchev–Trinajstić information content (AvgIpc) is 2.98. The second kappa shape index (κ2) is 6.63. The molecule has 3 aromatic rings. The number of nitrogens with zero attached hydrogens (tertiary/aromatic N) is 5. The maximum Gasteiger partial charge on any atom is 0.228 e. The van der Waals surface area contributed by atoms with E-state index in [2.05, 4.69) is 15.0 Å². The van der Waals surface area contributed by atoms with Crippen molar-refractivity contribution in [1.29, 1.82) is 0 Å². The first-order valence-electron chi connectivity index (χ1n) is 8.68. The minimum Gasteiger partial charge on any atom is -0.342 e. The van der Waals surface area contributed by atoms with Gasteiger partial charge in [-0.05, 0) is 38.0 Å². The van der Waals surface area contributed by atoms with E-state index < -0.39 is 0 Å². The van der Waals surface area contributed by atoms with Gasteiger partial charge in [0, 0.05) is 37.1 Å². The van der Waals surface area contributed by atoms with E-state index in [0.29, 0.717) is 12.3 Å². The zero-order chi connectivity index (χ0) is 17.2. The molecule has 0 saturated carbocycles. The molecular formula is C19H21N5O. The van der Waals surface area contributed by atoms with Gasteiger partial charge in [0.15, 0.2) is 0 Å². The van der Waals surface area contributed by atoms with Gasteiger partial charge in [-0.25, -0.2) is 15.0 Å². The van der Waals surface area contributed by atoms with Crippen LogP contribution in [0.3, 0.4) is 0 Å². The summed E-state index contributed by atoms with van der Waals surface area (Å²) in [6, 6.07) is 7.85. The first-order valence-corrected chi connectivity index (χ1v) is 8.68. The zero-order valence-corrected chi connectivity index (χ0v) is 14.3. The van der Waals surface area contributed by atoms with Gasteiger partial charge in [-0.15, -0.1) is 0 Å². The number of fused-ring (bicyclic) bond motifs is 1. The van der Waals surface area contributed by atoms with Gasteiger partial charge in [0.2, 0.25) is 5.91 Å². The summed E-state index contributed by atoms with van der Waals surface area (Å²) >= 11 is 0. The molecular weight excluding hydrogens is 314 g/mol. The van der Waals surface area contributed by atoms with Crippen LogP contribution in [0.25, 0.3) is 5.65 Å². The van der Waals surface area contributed by atoms with Crippen LogP contribution in [0.4, 0.5) is 0 Å². The van der Waals surface area contributed by atoms with E-state index in [9.17, 15) is 4.79 Å². The van der Waals surface area contributed by atoms with Crippen molar-refractivity contribution < 1.29 is 4.79 Å². The van der Waals surface area contributed by atoms with Gasteiger partial charge >= 0.3 is 0 Å². The van der Waals surface area contributed by atoms with Gasteiger partial charge in [0.05, 0.1) is 17.8 Å². The summed E-state index contributed by atoms with van der Waals surface area (Å²) in [5.74, 6) is 0.455. The minimum absolute atomic E-state index is 0.160. The lowest BCUT2D eigenvalue weighted by Crippen LogP contribution is -2.40. The number of pyridine rings is 1. The predicted octanol–water partition coefficient (Wildman–Crippen LogP) is 2.38. The summed E-state index contributed by atoms with van der Waals surface area (Å²) in [5, 5.41) is 0. The second-order valence-electron chi connectivity index (χ2n) is 6.56. The Morgan fingerprint density at radius 3 is 3.08 bits per heavy atom. The maximum atomic E-state index is 12.9. The molecule has 0 radical (unpaired) electrons. The van der Waals surface area contributed by atoms with Crippen molar-refractivity contribution in [2.24, 2.45) is 0 Å². The van der Waals surface area contributed by atoms with Crippen LogP contribution in [0.15, 0.2) is 43.0 Å². The molecule has 6 nitrogen and oxygen atoms in total. The standard InChI is InChI=1S/C19H21N5O/c1-14-17(24-10-3-2-6-18(24)22-14)11-19(25)23-9-4-5-15(12-23)16-7-8-20-13-21-16/h2-3,6-8,10,13,15H,4-5,9,11-12H2,1H3/t15-/m0/s1. The van der Waals surface area contributed by atoms with Crippen LogP contribution < -0.4 is 0 Å². The normalized spacial score (nSPS) is 17.8. The first kappa shape index (κ1) is 15.7. The summed E-state index contributed by atoms with van der Waals surface area (Å²) < 4.78 is 2.01. The third-order valence-electron chi connectivity index (χ3n) is 4.94. The number of hydrogen-bond donors (Lipinski definition) is 0. The molecule has 3 aromatic heterocycles. The topological polar surface area (TPSA) is 63.4 Å². The molecule has 0 aliphatic carbocycles. The highest BCUT2D eigenvalue weighted by Gasteiger charge is 2.26. The molecule has 0 bridgehead atoms. The Morgan fingerprint density at radius 2 is 2.24 bits per heavy atom. The molecule has 0 aromatic carbocycles. The van der Waals surface area contributed by atoms with Crippen LogP contribution in [0, 0.1) is 6.92 Å². The summed E-state index contributed by atoms with van der Waals surface area (Å²) in [7, 11) is 0. The number of imidazole rings is 1. The second-order valence-corrected chi connectivity index (χ2v) is 6.56. The van der Waals surface area contributed by atoms with E-state index in [-0.39, 0.29) is 5.91 Å². The highest BCUT2D eigenvalue weighted by Crippen LogP contribution is 2.25. The molecule has 0 unspecified atom stereocenters. The van der Waals surface area contributed by atoms with Crippen molar-refractivity contribution in [2.45, 2.75) is 32.1 Å². The monoisotopic (exact) mass is 335 g/mol. The Morgan fingerprint density at radius 1 is 1.32 bits per heavy atom. The molecule has 128 valence electrons. The Labute approximate surface area is 146 Å². The SMILES string of the molecule is Cc1nc2ccccn2c1CC(=O)N1CCC[C@H](c2ccncn2)C1. The van der Waals surface area contributed by atoms with Crippen LogP contribution in [-0.4, -0.2) is 43.2 Å². The lowest BCUT2D eigenvalue weighted by molar-refractivity contribution is -0.131. The molecule has 25 heavy (non-hydrogen) atoms. The summed E-state index contributed by atoms with van der Waals surface area (Å²) in [6.07, 6.45) is 7.77. The van der Waals surface area contributed by atoms with Gasteiger partial charge in [-0.1, -0.05) is 6.07 Å². The van der Waals surface area contributed by atoms with E-state index in [1.165, 1.54) is 0 Å². The fourth-order valence-corrected chi connectivity index (χ4v) is 3.62. The number of likely N-dealkylation sites (tertiary alicyclic amines) is 1. The molecule has 6 heteroatoms. The average molecular weight is 335 g/mol. The van der Waals surface area contributed by atoms with E-state index in [1.54, 1.807) is 12.5 Å². The van der Waals surface area contributed by atoms with Crippen molar-refractivity contribution in [3.05, 3.63) is 60.1 Å². The van der Waals surface area contributed by atoms with Crippen molar-refractivity contribution in [1.82, 2.24) is 24.3 Å². The highest BCUT2D eigenvalue weighted by molar-refractivity contribution is 5.79. The van der Waals surface area contributed by atoms with Gasteiger partial charge in [0.1, 0.15) is 12.0 Å². The third kappa shape index (κ3) is 3.12. The molecule has 4 heterocycles. The number of aromatic nitrogens is 4. The zero-order valence-electron chi connectivity index (χ0n) is 14.3. The Hall–Kier alpha value is -2.76. The number of rotatable bonds is 3. The summed E-state index contributed by atoms with van der Waals surface area (Å²) in [6.45, 7) is 3.51. The van der Waals surface area contributed by atoms with E-state index in [1.807, 2.05) is 46.7 Å². The van der Waals surface area contributed by atoms with Crippen molar-refractivity contribution in [3.63, 3.8) is 0 Å². The molecule has 4 rings (SSSR count). The number of piperidine rings is 1. The summed E-state index contributed by atoms with van der Waals surface area (Å²) in [4.78, 5) is 27.8. The van der Waals surface area contributed by atoms with Gasteiger partial charge < -0.3 is 9.30 Å². The number of hydrogen-bond acceptors (Lipinski definition) is 4. The van der Waals surface area contributed by atoms with Crippen LogP contribution in [0.2, 0.25) is 0 Å². The van der Waals surface area contributed by atoms with Crippen LogP contribution in [0.1, 0.15) is 35.8 Å². The Kier molecular flexibility index (Phi) is 4.17.